The number of pyridine rings is 1. The molecule has 3 aromatic rings. The normalized spacial score (nSPS) is 14.7. The van der Waals surface area contributed by atoms with Gasteiger partial charge in [-0.05, 0) is 31.0 Å². The van der Waals surface area contributed by atoms with Crippen LogP contribution in [0.25, 0.3) is 16.6 Å². The maximum absolute atomic E-state index is 6.11. The van der Waals surface area contributed by atoms with Crippen molar-refractivity contribution >= 4 is 22.5 Å². The first-order valence-corrected chi connectivity index (χ1v) is 8.23. The summed E-state index contributed by atoms with van der Waals surface area (Å²) in [5.74, 6) is 8.00. The van der Waals surface area contributed by atoms with Crippen LogP contribution in [0, 0.1) is 17.8 Å². The summed E-state index contributed by atoms with van der Waals surface area (Å²) in [6, 6.07) is 9.75. The Labute approximate surface area is 140 Å². The highest BCUT2D eigenvalue weighted by Crippen LogP contribution is 2.27. The number of para-hydroxylation sites is 1. The van der Waals surface area contributed by atoms with Gasteiger partial charge in [-0.2, -0.15) is 0 Å². The average molecular weight is 317 g/mol. The number of rotatable bonds is 1. The van der Waals surface area contributed by atoms with Crippen molar-refractivity contribution in [2.45, 2.75) is 25.7 Å². The lowest BCUT2D eigenvalue weighted by molar-refractivity contribution is 0.712. The van der Waals surface area contributed by atoms with E-state index in [0.29, 0.717) is 17.6 Å². The highest BCUT2D eigenvalue weighted by atomic mass is 15.3. The summed E-state index contributed by atoms with van der Waals surface area (Å²) in [5.41, 5.74) is 14.6. The Bertz CT molecular complexity index is 955. The Morgan fingerprint density at radius 1 is 1.04 bits per heavy atom. The highest BCUT2D eigenvalue weighted by molar-refractivity contribution is 5.90. The van der Waals surface area contributed by atoms with Gasteiger partial charge in [-0.25, -0.2) is 9.67 Å². The molecule has 1 aromatic carbocycles. The number of nitrogens with zero attached hydrogens (tertiary/aromatic N) is 3. The standard InChI is InChI=1S/C19H19N5/c20-18-15(10-9-13-5-1-2-6-13)17(11-12-22-18)24-16-8-4-3-7-14(16)19(21)23-24/h3-4,7-8,11-13H,1-2,5-6H2,(H2,20,22)(H2,21,23). The van der Waals surface area contributed by atoms with Crippen LogP contribution in [0.5, 0.6) is 0 Å². The number of hydrogen-bond acceptors (Lipinski definition) is 4. The first-order valence-electron chi connectivity index (χ1n) is 8.23. The average Bonchev–Trinajstić information content (AvgIpc) is 3.22. The molecule has 4 rings (SSSR count). The highest BCUT2D eigenvalue weighted by Gasteiger charge is 2.15. The third-order valence-electron chi connectivity index (χ3n) is 4.56. The van der Waals surface area contributed by atoms with Crippen LogP contribution in [0.2, 0.25) is 0 Å². The van der Waals surface area contributed by atoms with Crippen molar-refractivity contribution < 1.29 is 0 Å². The Morgan fingerprint density at radius 2 is 1.83 bits per heavy atom. The second kappa shape index (κ2) is 5.89. The molecule has 0 bridgehead atoms. The molecule has 0 saturated heterocycles. The number of nitrogens with two attached hydrogens (primary N) is 2. The van der Waals surface area contributed by atoms with Crippen molar-refractivity contribution in [1.82, 2.24) is 14.8 Å². The molecule has 2 heterocycles. The third kappa shape index (κ3) is 2.46. The first-order chi connectivity index (χ1) is 11.7. The molecular formula is C19H19N5. The summed E-state index contributed by atoms with van der Waals surface area (Å²) >= 11 is 0. The Morgan fingerprint density at radius 3 is 2.67 bits per heavy atom. The van der Waals surface area contributed by atoms with E-state index in [4.69, 9.17) is 11.5 Å². The zero-order valence-electron chi connectivity index (χ0n) is 13.4. The Balaban J connectivity index is 1.87. The number of aromatic nitrogens is 3. The molecule has 0 atom stereocenters. The maximum atomic E-state index is 6.11. The predicted molar refractivity (Wildman–Crippen MR) is 96.5 cm³/mol. The largest absolute Gasteiger partial charge is 0.383 e. The van der Waals surface area contributed by atoms with Crippen LogP contribution in [-0.2, 0) is 0 Å². The fraction of sp³-hybridized carbons (Fsp3) is 0.263. The van der Waals surface area contributed by atoms with E-state index in [1.807, 2.05) is 30.3 Å². The van der Waals surface area contributed by atoms with E-state index >= 15 is 0 Å². The van der Waals surface area contributed by atoms with Gasteiger partial charge in [0, 0.05) is 17.5 Å². The maximum Gasteiger partial charge on any atom is 0.153 e. The van der Waals surface area contributed by atoms with Gasteiger partial charge < -0.3 is 11.5 Å². The molecule has 0 amide bonds. The molecule has 0 unspecified atom stereocenters. The SMILES string of the molecule is Nc1nccc(-n2nc(N)c3ccccc32)c1C#CC1CCCC1. The number of benzene rings is 1. The van der Waals surface area contributed by atoms with E-state index in [-0.39, 0.29) is 0 Å². The summed E-state index contributed by atoms with van der Waals surface area (Å²) in [5, 5.41) is 5.40. The number of fused-ring (bicyclic) bond motifs is 1. The van der Waals surface area contributed by atoms with Crippen LogP contribution in [0.3, 0.4) is 0 Å². The monoisotopic (exact) mass is 317 g/mol. The molecule has 1 fully saturated rings. The number of nitrogen functional groups attached to an aromatic ring is 2. The van der Waals surface area contributed by atoms with Crippen molar-refractivity contribution in [3.05, 3.63) is 42.1 Å². The van der Waals surface area contributed by atoms with E-state index in [1.54, 1.807) is 10.9 Å². The molecule has 1 saturated carbocycles. The lowest BCUT2D eigenvalue weighted by Gasteiger charge is -2.08. The van der Waals surface area contributed by atoms with Crippen LogP contribution in [0.15, 0.2) is 36.5 Å². The van der Waals surface area contributed by atoms with Gasteiger partial charge in [-0.1, -0.05) is 36.8 Å². The van der Waals surface area contributed by atoms with Gasteiger partial charge in [0.2, 0.25) is 0 Å². The van der Waals surface area contributed by atoms with Gasteiger partial charge in [0.05, 0.1) is 16.8 Å². The van der Waals surface area contributed by atoms with Crippen molar-refractivity contribution in [2.24, 2.45) is 5.92 Å². The summed E-state index contributed by atoms with van der Waals surface area (Å²) in [6.45, 7) is 0. The van der Waals surface area contributed by atoms with Gasteiger partial charge in [-0.3, -0.25) is 0 Å². The van der Waals surface area contributed by atoms with E-state index < -0.39 is 0 Å². The summed E-state index contributed by atoms with van der Waals surface area (Å²) in [4.78, 5) is 4.20. The molecule has 5 heteroatoms. The molecule has 0 aliphatic heterocycles. The molecule has 2 aromatic heterocycles. The summed E-state index contributed by atoms with van der Waals surface area (Å²) in [6.07, 6.45) is 6.53. The zero-order valence-corrected chi connectivity index (χ0v) is 13.4. The van der Waals surface area contributed by atoms with Crippen LogP contribution in [0.1, 0.15) is 31.2 Å². The summed E-state index contributed by atoms with van der Waals surface area (Å²) in [7, 11) is 0. The van der Waals surface area contributed by atoms with Crippen LogP contribution >= 0.6 is 0 Å². The Kier molecular flexibility index (Phi) is 3.58. The number of hydrogen-bond donors (Lipinski definition) is 2. The predicted octanol–water partition coefficient (Wildman–Crippen LogP) is 3.13. The molecule has 1 aliphatic carbocycles. The minimum Gasteiger partial charge on any atom is -0.383 e. The van der Waals surface area contributed by atoms with E-state index in [9.17, 15) is 0 Å². The fourth-order valence-electron chi connectivity index (χ4n) is 3.29. The van der Waals surface area contributed by atoms with E-state index in [0.717, 1.165) is 22.2 Å². The first kappa shape index (κ1) is 14.6. The molecule has 1 aliphatic rings. The molecular weight excluding hydrogens is 298 g/mol. The van der Waals surface area contributed by atoms with E-state index in [1.165, 1.54) is 25.7 Å². The van der Waals surface area contributed by atoms with E-state index in [2.05, 4.69) is 21.9 Å². The van der Waals surface area contributed by atoms with Gasteiger partial charge in [0.25, 0.3) is 0 Å². The third-order valence-corrected chi connectivity index (χ3v) is 4.56. The van der Waals surface area contributed by atoms with Gasteiger partial charge in [-0.15, -0.1) is 5.10 Å². The number of anilines is 2. The molecule has 5 nitrogen and oxygen atoms in total. The zero-order chi connectivity index (χ0) is 16.5. The van der Waals surface area contributed by atoms with Crippen molar-refractivity contribution in [3.8, 4) is 17.5 Å². The van der Waals surface area contributed by atoms with Gasteiger partial charge >= 0.3 is 0 Å². The molecule has 24 heavy (non-hydrogen) atoms. The fourth-order valence-corrected chi connectivity index (χ4v) is 3.29. The lowest BCUT2D eigenvalue weighted by atomic mass is 10.1. The van der Waals surface area contributed by atoms with Crippen LogP contribution in [-0.4, -0.2) is 14.8 Å². The van der Waals surface area contributed by atoms with Crippen molar-refractivity contribution in [1.29, 1.82) is 0 Å². The van der Waals surface area contributed by atoms with Gasteiger partial charge in [0.15, 0.2) is 5.82 Å². The second-order valence-electron chi connectivity index (χ2n) is 6.16. The van der Waals surface area contributed by atoms with Crippen molar-refractivity contribution in [3.63, 3.8) is 0 Å². The summed E-state index contributed by atoms with van der Waals surface area (Å²) < 4.78 is 1.81. The minimum absolute atomic E-state index is 0.427. The smallest absolute Gasteiger partial charge is 0.153 e. The molecule has 120 valence electrons. The van der Waals surface area contributed by atoms with Crippen LogP contribution < -0.4 is 11.5 Å². The lowest BCUT2D eigenvalue weighted by Crippen LogP contribution is -2.05. The quantitative estimate of drug-likeness (QED) is 0.676. The Hall–Kier alpha value is -3.00. The van der Waals surface area contributed by atoms with Crippen molar-refractivity contribution in [2.75, 3.05) is 11.5 Å². The topological polar surface area (TPSA) is 82.8 Å². The molecule has 0 spiro atoms. The molecule has 4 N–H and O–H groups in total. The van der Waals surface area contributed by atoms with Crippen LogP contribution in [0.4, 0.5) is 11.6 Å². The second-order valence-corrected chi connectivity index (χ2v) is 6.16. The minimum atomic E-state index is 0.427. The van der Waals surface area contributed by atoms with Gasteiger partial charge in [0.1, 0.15) is 5.82 Å². The molecule has 0 radical (unpaired) electrons.